The monoisotopic (exact) mass is 294 g/mol. The fourth-order valence-corrected chi connectivity index (χ4v) is 2.01. The van der Waals surface area contributed by atoms with E-state index in [9.17, 15) is 4.79 Å². The smallest absolute Gasteiger partial charge is 0.276 e. The molecule has 0 atom stereocenters. The summed E-state index contributed by atoms with van der Waals surface area (Å²) in [4.78, 5) is 12.1. The van der Waals surface area contributed by atoms with Crippen LogP contribution in [0.1, 0.15) is 17.4 Å². The number of halogens is 1. The first kappa shape index (κ1) is 14.2. The minimum absolute atomic E-state index is 0.301. The molecule has 0 saturated heterocycles. The number of nitrogens with two attached hydrogens (primary N) is 1. The number of hydrogen-bond donors (Lipinski definition) is 2. The summed E-state index contributed by atoms with van der Waals surface area (Å²) in [5.74, 6) is 0.231. The quantitative estimate of drug-likeness (QED) is 0.906. The zero-order chi connectivity index (χ0) is 14.7. The van der Waals surface area contributed by atoms with E-state index in [0.717, 1.165) is 0 Å². The average Bonchev–Trinajstić information content (AvgIpc) is 2.72. The second-order valence-electron chi connectivity index (χ2n) is 4.10. The van der Waals surface area contributed by atoms with Crippen LogP contribution in [0, 0.1) is 0 Å². The van der Waals surface area contributed by atoms with Gasteiger partial charge in [-0.2, -0.15) is 5.10 Å². The van der Waals surface area contributed by atoms with Crippen molar-refractivity contribution in [1.29, 1.82) is 0 Å². The molecule has 6 nitrogen and oxygen atoms in total. The Bertz CT molecular complexity index is 620. The lowest BCUT2D eigenvalue weighted by atomic mass is 10.2. The maximum atomic E-state index is 12.1. The number of amides is 1. The summed E-state index contributed by atoms with van der Waals surface area (Å²) in [5.41, 5.74) is 6.88. The molecular formula is C13H15ClN4O2. The third-order valence-corrected chi connectivity index (χ3v) is 2.97. The van der Waals surface area contributed by atoms with Crippen LogP contribution in [0.15, 0.2) is 24.4 Å². The number of rotatable bonds is 4. The van der Waals surface area contributed by atoms with Crippen molar-refractivity contribution in [2.75, 3.05) is 17.7 Å². The van der Waals surface area contributed by atoms with E-state index < -0.39 is 0 Å². The van der Waals surface area contributed by atoms with Crippen molar-refractivity contribution in [2.45, 2.75) is 6.92 Å². The molecule has 2 rings (SSSR count). The molecule has 2 aromatic rings. The van der Waals surface area contributed by atoms with Crippen LogP contribution in [0.3, 0.4) is 0 Å². The summed E-state index contributed by atoms with van der Waals surface area (Å²) in [6, 6.07) is 5.03. The number of benzene rings is 1. The highest BCUT2D eigenvalue weighted by atomic mass is 35.5. The Morgan fingerprint density at radius 3 is 2.85 bits per heavy atom. The van der Waals surface area contributed by atoms with Crippen LogP contribution in [0.5, 0.6) is 5.75 Å². The minimum Gasteiger partial charge on any atom is -0.492 e. The lowest BCUT2D eigenvalue weighted by Crippen LogP contribution is -2.17. The van der Waals surface area contributed by atoms with Gasteiger partial charge in [0.25, 0.3) is 5.91 Å². The van der Waals surface area contributed by atoms with Gasteiger partial charge in [-0.15, -0.1) is 0 Å². The zero-order valence-corrected chi connectivity index (χ0v) is 11.9. The molecule has 0 aliphatic rings. The van der Waals surface area contributed by atoms with Gasteiger partial charge in [0, 0.05) is 12.7 Å². The van der Waals surface area contributed by atoms with Crippen molar-refractivity contribution < 1.29 is 9.53 Å². The number of nitrogens with zero attached hydrogens (tertiary/aromatic N) is 2. The van der Waals surface area contributed by atoms with Gasteiger partial charge in [-0.1, -0.05) is 11.6 Å². The van der Waals surface area contributed by atoms with Crippen molar-refractivity contribution in [2.24, 2.45) is 7.05 Å². The first-order valence-corrected chi connectivity index (χ1v) is 6.42. The van der Waals surface area contributed by atoms with Gasteiger partial charge in [-0.05, 0) is 25.1 Å². The van der Waals surface area contributed by atoms with E-state index in [2.05, 4.69) is 10.4 Å². The van der Waals surface area contributed by atoms with E-state index in [1.54, 1.807) is 25.2 Å². The van der Waals surface area contributed by atoms with Crippen LogP contribution in [-0.2, 0) is 7.05 Å². The Morgan fingerprint density at radius 1 is 1.55 bits per heavy atom. The predicted molar refractivity (Wildman–Crippen MR) is 78.2 cm³/mol. The number of nitrogens with one attached hydrogen (secondary N) is 1. The first-order chi connectivity index (χ1) is 9.52. The lowest BCUT2D eigenvalue weighted by Gasteiger charge is -2.09. The van der Waals surface area contributed by atoms with Crippen molar-refractivity contribution >= 4 is 28.9 Å². The summed E-state index contributed by atoms with van der Waals surface area (Å²) in [6.07, 6.45) is 1.43. The number of hydrogen-bond acceptors (Lipinski definition) is 4. The third kappa shape index (κ3) is 2.85. The Labute approximate surface area is 121 Å². The number of aromatic nitrogens is 2. The van der Waals surface area contributed by atoms with Gasteiger partial charge >= 0.3 is 0 Å². The van der Waals surface area contributed by atoms with Gasteiger partial charge in [0.05, 0.1) is 23.5 Å². The third-order valence-electron chi connectivity index (χ3n) is 2.67. The van der Waals surface area contributed by atoms with Crippen LogP contribution in [0.2, 0.25) is 5.02 Å². The molecule has 0 aliphatic carbocycles. The maximum absolute atomic E-state index is 12.1. The van der Waals surface area contributed by atoms with Crippen molar-refractivity contribution in [3.05, 3.63) is 35.1 Å². The highest BCUT2D eigenvalue weighted by Gasteiger charge is 2.15. The molecule has 106 valence electrons. The van der Waals surface area contributed by atoms with Gasteiger partial charge in [0.2, 0.25) is 0 Å². The van der Waals surface area contributed by atoms with Crippen molar-refractivity contribution in [1.82, 2.24) is 9.78 Å². The van der Waals surface area contributed by atoms with E-state index in [1.165, 1.54) is 10.9 Å². The number of nitrogen functional groups attached to an aromatic ring is 1. The van der Waals surface area contributed by atoms with Gasteiger partial charge in [-0.3, -0.25) is 9.48 Å². The molecule has 1 heterocycles. The van der Waals surface area contributed by atoms with Crippen LogP contribution in [0.25, 0.3) is 0 Å². The summed E-state index contributed by atoms with van der Waals surface area (Å²) >= 11 is 6.06. The molecule has 0 saturated carbocycles. The second-order valence-corrected chi connectivity index (χ2v) is 4.51. The summed E-state index contributed by atoms with van der Waals surface area (Å²) in [6.45, 7) is 2.40. The molecule has 0 aliphatic heterocycles. The van der Waals surface area contributed by atoms with E-state index in [0.29, 0.717) is 34.4 Å². The molecule has 1 aromatic carbocycles. The number of carbonyl (C=O) groups is 1. The predicted octanol–water partition coefficient (Wildman–Crippen LogP) is 2.31. The summed E-state index contributed by atoms with van der Waals surface area (Å²) in [7, 11) is 1.65. The van der Waals surface area contributed by atoms with Crippen LogP contribution >= 0.6 is 11.6 Å². The first-order valence-electron chi connectivity index (χ1n) is 6.04. The van der Waals surface area contributed by atoms with E-state index in [1.807, 2.05) is 6.92 Å². The van der Waals surface area contributed by atoms with E-state index >= 15 is 0 Å². The van der Waals surface area contributed by atoms with Gasteiger partial charge in [-0.25, -0.2) is 0 Å². The summed E-state index contributed by atoms with van der Waals surface area (Å²) < 4.78 is 6.75. The van der Waals surface area contributed by atoms with E-state index in [-0.39, 0.29) is 5.91 Å². The minimum atomic E-state index is -0.345. The van der Waals surface area contributed by atoms with Crippen LogP contribution in [0.4, 0.5) is 11.4 Å². The molecule has 3 N–H and O–H groups in total. The second kappa shape index (κ2) is 5.83. The van der Waals surface area contributed by atoms with E-state index in [4.69, 9.17) is 22.1 Å². The average molecular weight is 295 g/mol. The molecule has 1 aromatic heterocycles. The molecule has 0 radical (unpaired) electrons. The molecule has 0 unspecified atom stereocenters. The molecule has 1 amide bonds. The SMILES string of the molecule is CCOc1ccc(NC(=O)c2c(N)cnn2C)cc1Cl. The number of anilines is 2. The molecule has 0 fully saturated rings. The number of carbonyl (C=O) groups excluding carboxylic acids is 1. The van der Waals surface area contributed by atoms with Gasteiger partial charge < -0.3 is 15.8 Å². The Kier molecular flexibility index (Phi) is 4.14. The Hall–Kier alpha value is -2.21. The van der Waals surface area contributed by atoms with Crippen molar-refractivity contribution in [3.63, 3.8) is 0 Å². The zero-order valence-electron chi connectivity index (χ0n) is 11.2. The topological polar surface area (TPSA) is 82.2 Å². The maximum Gasteiger partial charge on any atom is 0.276 e. The standard InChI is InChI=1S/C13H15ClN4O2/c1-3-20-11-5-4-8(6-9(11)14)17-13(19)12-10(15)7-16-18(12)2/h4-7H,3,15H2,1-2H3,(H,17,19). The van der Waals surface area contributed by atoms with Crippen LogP contribution < -0.4 is 15.8 Å². The van der Waals surface area contributed by atoms with Gasteiger partial charge in [0.1, 0.15) is 11.4 Å². The molecule has 20 heavy (non-hydrogen) atoms. The molecule has 7 heteroatoms. The van der Waals surface area contributed by atoms with Gasteiger partial charge in [0.15, 0.2) is 0 Å². The molecular weight excluding hydrogens is 280 g/mol. The van der Waals surface area contributed by atoms with Crippen LogP contribution in [-0.4, -0.2) is 22.3 Å². The Morgan fingerprint density at radius 2 is 2.30 bits per heavy atom. The number of ether oxygens (including phenoxy) is 1. The van der Waals surface area contributed by atoms with Crippen molar-refractivity contribution in [3.8, 4) is 5.75 Å². The fraction of sp³-hybridized carbons (Fsp3) is 0.231. The normalized spacial score (nSPS) is 10.3. The molecule has 0 spiro atoms. The highest BCUT2D eigenvalue weighted by molar-refractivity contribution is 6.32. The molecule has 0 bridgehead atoms. The highest BCUT2D eigenvalue weighted by Crippen LogP contribution is 2.28. The number of aryl methyl sites for hydroxylation is 1. The lowest BCUT2D eigenvalue weighted by molar-refractivity contribution is 0.101. The summed E-state index contributed by atoms with van der Waals surface area (Å²) in [5, 5.41) is 7.07. The largest absolute Gasteiger partial charge is 0.492 e. The Balaban J connectivity index is 2.18. The fourth-order valence-electron chi connectivity index (χ4n) is 1.77.